The van der Waals surface area contributed by atoms with Crippen molar-refractivity contribution < 1.29 is 19.2 Å². The van der Waals surface area contributed by atoms with Crippen LogP contribution in [-0.2, 0) is 17.8 Å². The first kappa shape index (κ1) is 22.3. The van der Waals surface area contributed by atoms with E-state index in [-0.39, 0.29) is 36.4 Å². The van der Waals surface area contributed by atoms with Crippen molar-refractivity contribution in [3.05, 3.63) is 80.4 Å². The van der Waals surface area contributed by atoms with E-state index < -0.39 is 10.9 Å². The number of aryl methyl sites for hydroxylation is 1. The van der Waals surface area contributed by atoms with Crippen molar-refractivity contribution in [2.45, 2.75) is 39.8 Å². The first-order chi connectivity index (χ1) is 15.8. The monoisotopic (exact) mass is 451 g/mol. The number of hydrogen-bond acceptors (Lipinski definition) is 6. The number of aromatic amines is 1. The Morgan fingerprint density at radius 3 is 2.76 bits per heavy atom. The Labute approximate surface area is 190 Å². The van der Waals surface area contributed by atoms with E-state index in [4.69, 9.17) is 4.74 Å². The van der Waals surface area contributed by atoms with Gasteiger partial charge in [-0.1, -0.05) is 13.0 Å². The first-order valence-electron chi connectivity index (χ1n) is 10.7. The number of H-pyrrole nitrogens is 1. The fourth-order valence-electron chi connectivity index (χ4n) is 4.36. The zero-order valence-electron chi connectivity index (χ0n) is 18.7. The highest BCUT2D eigenvalue weighted by Crippen LogP contribution is 2.32. The van der Waals surface area contributed by atoms with Crippen LogP contribution in [0, 0.1) is 17.0 Å². The normalized spacial score (nSPS) is 15.2. The van der Waals surface area contributed by atoms with Crippen LogP contribution in [0.1, 0.15) is 63.1 Å². The molecule has 1 aliphatic heterocycles. The van der Waals surface area contributed by atoms with Crippen molar-refractivity contribution in [1.29, 1.82) is 0 Å². The van der Waals surface area contributed by atoms with Gasteiger partial charge in [0.15, 0.2) is 5.69 Å². The van der Waals surface area contributed by atoms with Crippen molar-refractivity contribution in [2.24, 2.45) is 0 Å². The third-order valence-electron chi connectivity index (χ3n) is 5.78. The van der Waals surface area contributed by atoms with Gasteiger partial charge in [-0.2, -0.15) is 5.10 Å². The summed E-state index contributed by atoms with van der Waals surface area (Å²) in [5.74, 6) is -0.762. The van der Waals surface area contributed by atoms with Crippen molar-refractivity contribution >= 4 is 17.6 Å². The van der Waals surface area contributed by atoms with E-state index in [0.717, 1.165) is 11.3 Å². The molecule has 33 heavy (non-hydrogen) atoms. The lowest BCUT2D eigenvalue weighted by atomic mass is 9.95. The number of amides is 1. The molecule has 1 atom stereocenters. The smallest absolute Gasteiger partial charge is 0.359 e. The van der Waals surface area contributed by atoms with Gasteiger partial charge in [0.05, 0.1) is 24.6 Å². The number of fused-ring (bicyclic) bond motifs is 1. The number of carbonyl (C=O) groups excluding carboxylic acids is 2. The summed E-state index contributed by atoms with van der Waals surface area (Å²) >= 11 is 0. The topological polar surface area (TPSA) is 123 Å². The Morgan fingerprint density at radius 1 is 1.33 bits per heavy atom. The predicted molar refractivity (Wildman–Crippen MR) is 119 cm³/mol. The molecule has 4 rings (SSSR count). The SMILES string of the molecule is CCOC(=O)c1nn(Cc2ccc([N+](=O)[O-])c(C)c2)c2c1CN(C(=O)c1ccc[nH]1)CC2C. The molecule has 1 unspecified atom stereocenters. The van der Waals surface area contributed by atoms with Gasteiger partial charge in [-0.3, -0.25) is 19.6 Å². The molecule has 1 aromatic carbocycles. The fraction of sp³-hybridized carbons (Fsp3) is 0.348. The Kier molecular flexibility index (Phi) is 5.99. The number of esters is 1. The van der Waals surface area contributed by atoms with Crippen molar-refractivity contribution in [1.82, 2.24) is 19.7 Å². The number of nitro benzene ring substituents is 1. The highest BCUT2D eigenvalue weighted by atomic mass is 16.6. The number of carbonyl (C=O) groups is 2. The van der Waals surface area contributed by atoms with Crippen LogP contribution in [0.3, 0.4) is 0 Å². The van der Waals surface area contributed by atoms with Gasteiger partial charge in [-0.25, -0.2) is 4.79 Å². The van der Waals surface area contributed by atoms with Crippen LogP contribution in [0.4, 0.5) is 5.69 Å². The van der Waals surface area contributed by atoms with Gasteiger partial charge >= 0.3 is 5.97 Å². The summed E-state index contributed by atoms with van der Waals surface area (Å²) in [4.78, 5) is 41.0. The largest absolute Gasteiger partial charge is 0.461 e. The van der Waals surface area contributed by atoms with Crippen molar-refractivity contribution in [3.63, 3.8) is 0 Å². The number of aromatic nitrogens is 3. The standard InChI is InChI=1S/C23H25N5O5/c1-4-33-23(30)20-17-13-26(22(29)18-6-5-9-24-18)11-15(3)21(17)27(25-20)12-16-7-8-19(28(31)32)14(2)10-16/h5-10,15,24H,4,11-13H2,1-3H3. The summed E-state index contributed by atoms with van der Waals surface area (Å²) in [5.41, 5.74) is 3.66. The summed E-state index contributed by atoms with van der Waals surface area (Å²) < 4.78 is 6.98. The molecular weight excluding hydrogens is 426 g/mol. The molecule has 0 spiro atoms. The van der Waals surface area contributed by atoms with Gasteiger partial charge in [0.2, 0.25) is 0 Å². The van der Waals surface area contributed by atoms with Gasteiger partial charge in [0, 0.05) is 41.5 Å². The molecule has 2 aromatic heterocycles. The van der Waals surface area contributed by atoms with E-state index in [9.17, 15) is 19.7 Å². The highest BCUT2D eigenvalue weighted by molar-refractivity contribution is 5.93. The number of nitro groups is 1. The van der Waals surface area contributed by atoms with E-state index >= 15 is 0 Å². The maximum atomic E-state index is 12.9. The average Bonchev–Trinajstić information content (AvgIpc) is 3.42. The molecule has 1 amide bonds. The summed E-state index contributed by atoms with van der Waals surface area (Å²) in [7, 11) is 0. The van der Waals surface area contributed by atoms with E-state index in [1.807, 2.05) is 6.92 Å². The van der Waals surface area contributed by atoms with Crippen LogP contribution in [0.5, 0.6) is 0 Å². The predicted octanol–water partition coefficient (Wildman–Crippen LogP) is 3.41. The minimum atomic E-state index is -0.534. The lowest BCUT2D eigenvalue weighted by Crippen LogP contribution is -2.38. The van der Waals surface area contributed by atoms with Crippen LogP contribution in [0.15, 0.2) is 36.5 Å². The van der Waals surface area contributed by atoms with Crippen LogP contribution in [-0.4, -0.2) is 49.6 Å². The Morgan fingerprint density at radius 2 is 2.12 bits per heavy atom. The maximum Gasteiger partial charge on any atom is 0.359 e. The average molecular weight is 451 g/mol. The molecule has 0 saturated carbocycles. The number of nitrogens with one attached hydrogen (secondary N) is 1. The van der Waals surface area contributed by atoms with E-state index in [1.165, 1.54) is 6.07 Å². The molecular formula is C23H25N5O5. The van der Waals surface area contributed by atoms with Gasteiger partial charge in [0.1, 0.15) is 5.69 Å². The molecule has 0 aliphatic carbocycles. The molecule has 172 valence electrons. The van der Waals surface area contributed by atoms with Gasteiger partial charge < -0.3 is 14.6 Å². The first-order valence-corrected chi connectivity index (χ1v) is 10.7. The molecule has 3 aromatic rings. The second kappa shape index (κ2) is 8.89. The summed E-state index contributed by atoms with van der Waals surface area (Å²) in [6.07, 6.45) is 1.69. The summed E-state index contributed by atoms with van der Waals surface area (Å²) in [6, 6.07) is 8.41. The fourth-order valence-corrected chi connectivity index (χ4v) is 4.36. The molecule has 0 bridgehead atoms. The van der Waals surface area contributed by atoms with Crippen LogP contribution >= 0.6 is 0 Å². The minimum Gasteiger partial charge on any atom is -0.461 e. The Bertz CT molecular complexity index is 1210. The number of benzene rings is 1. The molecule has 0 radical (unpaired) electrons. The second-order valence-corrected chi connectivity index (χ2v) is 8.14. The van der Waals surface area contributed by atoms with E-state index in [1.54, 1.807) is 53.9 Å². The summed E-state index contributed by atoms with van der Waals surface area (Å²) in [6.45, 7) is 6.67. The van der Waals surface area contributed by atoms with E-state index in [2.05, 4.69) is 10.1 Å². The number of nitrogens with zero attached hydrogens (tertiary/aromatic N) is 4. The molecule has 1 N–H and O–H groups in total. The number of ether oxygens (including phenoxy) is 1. The Balaban J connectivity index is 1.71. The van der Waals surface area contributed by atoms with Gasteiger partial charge in [-0.05, 0) is 37.6 Å². The van der Waals surface area contributed by atoms with Crippen molar-refractivity contribution in [3.8, 4) is 0 Å². The van der Waals surface area contributed by atoms with Gasteiger partial charge in [0.25, 0.3) is 11.6 Å². The minimum absolute atomic E-state index is 0.0558. The lowest BCUT2D eigenvalue weighted by Gasteiger charge is -2.31. The molecule has 0 fully saturated rings. The van der Waals surface area contributed by atoms with E-state index in [0.29, 0.717) is 29.9 Å². The second-order valence-electron chi connectivity index (χ2n) is 8.14. The maximum absolute atomic E-state index is 12.9. The zero-order valence-corrected chi connectivity index (χ0v) is 18.7. The van der Waals surface area contributed by atoms with Crippen molar-refractivity contribution in [2.75, 3.05) is 13.2 Å². The Hall–Kier alpha value is -3.95. The molecule has 3 heterocycles. The third kappa shape index (κ3) is 4.23. The third-order valence-corrected chi connectivity index (χ3v) is 5.78. The molecule has 10 nitrogen and oxygen atoms in total. The number of rotatable bonds is 6. The van der Waals surface area contributed by atoms with Crippen LogP contribution in [0.2, 0.25) is 0 Å². The number of hydrogen-bond donors (Lipinski definition) is 1. The summed E-state index contributed by atoms with van der Waals surface area (Å²) in [5, 5.41) is 15.7. The molecule has 0 saturated heterocycles. The van der Waals surface area contributed by atoms with Crippen LogP contribution < -0.4 is 0 Å². The lowest BCUT2D eigenvalue weighted by molar-refractivity contribution is -0.385. The molecule has 10 heteroatoms. The quantitative estimate of drug-likeness (QED) is 0.348. The molecule has 1 aliphatic rings. The van der Waals surface area contributed by atoms with Gasteiger partial charge in [-0.15, -0.1) is 0 Å². The highest BCUT2D eigenvalue weighted by Gasteiger charge is 2.35. The zero-order chi connectivity index (χ0) is 23.7. The van der Waals surface area contributed by atoms with Crippen LogP contribution in [0.25, 0.3) is 0 Å².